The number of hydrazine groups is 1. The summed E-state index contributed by atoms with van der Waals surface area (Å²) in [4.78, 5) is 23.2. The highest BCUT2D eigenvalue weighted by atomic mass is 19.1. The van der Waals surface area contributed by atoms with Crippen molar-refractivity contribution in [3.05, 3.63) is 65.2 Å². The molecule has 2 N–H and O–H groups in total. The summed E-state index contributed by atoms with van der Waals surface area (Å²) in [5.74, 6) is -2.83. The predicted octanol–water partition coefficient (Wildman–Crippen LogP) is 2.11. The molecule has 0 aliphatic rings. The molecule has 2 aromatic carbocycles. The van der Waals surface area contributed by atoms with Crippen LogP contribution in [0.1, 0.15) is 15.9 Å². The molecule has 7 heteroatoms. The number of hydrogen-bond donors (Lipinski definition) is 2. The normalized spacial score (nSPS) is 10.0. The quantitative estimate of drug-likeness (QED) is 0.848. The second kappa shape index (κ2) is 7.35. The van der Waals surface area contributed by atoms with Crippen LogP contribution in [0.5, 0.6) is 5.75 Å². The molecule has 5 nitrogen and oxygen atoms in total. The van der Waals surface area contributed by atoms with Crippen molar-refractivity contribution in [1.29, 1.82) is 0 Å². The monoisotopic (exact) mass is 320 g/mol. The van der Waals surface area contributed by atoms with Crippen molar-refractivity contribution in [2.45, 2.75) is 6.92 Å². The van der Waals surface area contributed by atoms with E-state index in [1.54, 1.807) is 18.2 Å². The average Bonchev–Trinajstić information content (AvgIpc) is 2.50. The molecule has 0 bridgehead atoms. The zero-order valence-electron chi connectivity index (χ0n) is 12.2. The highest BCUT2D eigenvalue weighted by Crippen LogP contribution is 2.12. The maximum atomic E-state index is 13.4. The fourth-order valence-electron chi connectivity index (χ4n) is 1.76. The number of hydrogen-bond acceptors (Lipinski definition) is 3. The molecule has 0 heterocycles. The lowest BCUT2D eigenvalue weighted by molar-refractivity contribution is -0.123. The Morgan fingerprint density at radius 1 is 1.09 bits per heavy atom. The smallest absolute Gasteiger partial charge is 0.276 e. The maximum Gasteiger partial charge on any atom is 0.276 e. The minimum atomic E-state index is -1.02. The number of halogens is 2. The molecular formula is C16H14F2N2O3. The van der Waals surface area contributed by atoms with Gasteiger partial charge in [-0.3, -0.25) is 20.4 Å². The summed E-state index contributed by atoms with van der Waals surface area (Å²) in [5, 5.41) is 0. The molecule has 0 saturated carbocycles. The number of aryl methyl sites for hydroxylation is 1. The van der Waals surface area contributed by atoms with Gasteiger partial charge in [0.2, 0.25) is 0 Å². The Labute approximate surface area is 131 Å². The van der Waals surface area contributed by atoms with E-state index in [-0.39, 0.29) is 12.2 Å². The molecule has 2 rings (SSSR count). The molecule has 0 aliphatic carbocycles. The fourth-order valence-corrected chi connectivity index (χ4v) is 1.76. The van der Waals surface area contributed by atoms with Gasteiger partial charge in [-0.25, -0.2) is 8.78 Å². The van der Waals surface area contributed by atoms with Crippen molar-refractivity contribution in [1.82, 2.24) is 10.9 Å². The fraction of sp³-hybridized carbons (Fsp3) is 0.125. The maximum absolute atomic E-state index is 13.4. The first-order valence-electron chi connectivity index (χ1n) is 6.69. The molecule has 0 spiro atoms. The van der Waals surface area contributed by atoms with E-state index < -0.39 is 23.4 Å². The van der Waals surface area contributed by atoms with Crippen LogP contribution in [0.4, 0.5) is 8.78 Å². The van der Waals surface area contributed by atoms with Crippen LogP contribution in [-0.4, -0.2) is 18.4 Å². The minimum Gasteiger partial charge on any atom is -0.484 e. The van der Waals surface area contributed by atoms with Gasteiger partial charge in [-0.05, 0) is 36.8 Å². The highest BCUT2D eigenvalue weighted by molar-refractivity contribution is 5.95. The number of carbonyl (C=O) groups is 2. The van der Waals surface area contributed by atoms with Crippen LogP contribution in [0.25, 0.3) is 0 Å². The molecule has 0 saturated heterocycles. The number of carbonyl (C=O) groups excluding carboxylic acids is 2. The molecule has 23 heavy (non-hydrogen) atoms. The van der Waals surface area contributed by atoms with Crippen LogP contribution in [-0.2, 0) is 4.79 Å². The number of benzene rings is 2. The molecule has 2 aromatic rings. The third-order valence-corrected chi connectivity index (χ3v) is 2.85. The SMILES string of the molecule is Cc1cccc(OCC(=O)NNC(=O)c2ccc(F)cc2F)c1. The average molecular weight is 320 g/mol. The molecule has 0 aliphatic heterocycles. The van der Waals surface area contributed by atoms with E-state index in [9.17, 15) is 18.4 Å². The van der Waals surface area contributed by atoms with Gasteiger partial charge in [-0.15, -0.1) is 0 Å². The van der Waals surface area contributed by atoms with Gasteiger partial charge >= 0.3 is 0 Å². The van der Waals surface area contributed by atoms with E-state index in [2.05, 4.69) is 5.43 Å². The van der Waals surface area contributed by atoms with Gasteiger partial charge in [-0.2, -0.15) is 0 Å². The number of ether oxygens (including phenoxy) is 1. The highest BCUT2D eigenvalue weighted by Gasteiger charge is 2.13. The summed E-state index contributed by atoms with van der Waals surface area (Å²) in [6, 6.07) is 9.60. The second-order valence-corrected chi connectivity index (χ2v) is 4.73. The van der Waals surface area contributed by atoms with E-state index in [1.165, 1.54) is 0 Å². The molecule has 0 fully saturated rings. The third kappa shape index (κ3) is 4.77. The molecule has 2 amide bonds. The largest absolute Gasteiger partial charge is 0.484 e. The Balaban J connectivity index is 1.83. The van der Waals surface area contributed by atoms with E-state index >= 15 is 0 Å². The first-order valence-corrected chi connectivity index (χ1v) is 6.69. The van der Waals surface area contributed by atoms with Gasteiger partial charge in [0.05, 0.1) is 5.56 Å². The summed E-state index contributed by atoms with van der Waals surface area (Å²) in [5.41, 5.74) is 4.70. The lowest BCUT2D eigenvalue weighted by Gasteiger charge is -2.09. The molecular weight excluding hydrogens is 306 g/mol. The van der Waals surface area contributed by atoms with Crippen molar-refractivity contribution in [2.24, 2.45) is 0 Å². The first-order chi connectivity index (χ1) is 11.0. The molecule has 120 valence electrons. The van der Waals surface area contributed by atoms with Crippen LogP contribution in [0.3, 0.4) is 0 Å². The predicted molar refractivity (Wildman–Crippen MR) is 78.6 cm³/mol. The van der Waals surface area contributed by atoms with Gasteiger partial charge in [-0.1, -0.05) is 12.1 Å². The van der Waals surface area contributed by atoms with Crippen LogP contribution in [0, 0.1) is 18.6 Å². The van der Waals surface area contributed by atoms with Gasteiger partial charge in [0.25, 0.3) is 11.8 Å². The molecule has 0 atom stereocenters. The zero-order valence-corrected chi connectivity index (χ0v) is 12.2. The summed E-state index contributed by atoms with van der Waals surface area (Å²) in [6.07, 6.45) is 0. The van der Waals surface area contributed by atoms with Crippen LogP contribution < -0.4 is 15.6 Å². The Bertz CT molecular complexity index is 735. The van der Waals surface area contributed by atoms with Gasteiger partial charge in [0, 0.05) is 6.07 Å². The Morgan fingerprint density at radius 3 is 2.57 bits per heavy atom. The van der Waals surface area contributed by atoms with Crippen molar-refractivity contribution >= 4 is 11.8 Å². The standard InChI is InChI=1S/C16H14F2N2O3/c1-10-3-2-4-12(7-10)23-9-15(21)19-20-16(22)13-6-5-11(17)8-14(13)18/h2-8H,9H2,1H3,(H,19,21)(H,20,22). The zero-order chi connectivity index (χ0) is 16.8. The van der Waals surface area contributed by atoms with Crippen molar-refractivity contribution in [2.75, 3.05) is 6.61 Å². The number of rotatable bonds is 4. The van der Waals surface area contributed by atoms with Crippen LogP contribution >= 0.6 is 0 Å². The summed E-state index contributed by atoms with van der Waals surface area (Å²) < 4.78 is 31.4. The Hall–Kier alpha value is -2.96. The third-order valence-electron chi connectivity index (χ3n) is 2.85. The van der Waals surface area contributed by atoms with Crippen LogP contribution in [0.2, 0.25) is 0 Å². The molecule has 0 radical (unpaired) electrons. The lowest BCUT2D eigenvalue weighted by Crippen LogP contribution is -2.44. The van der Waals surface area contributed by atoms with Crippen molar-refractivity contribution in [3.8, 4) is 5.75 Å². The topological polar surface area (TPSA) is 67.4 Å². The van der Waals surface area contributed by atoms with E-state index in [4.69, 9.17) is 4.74 Å². The van der Waals surface area contributed by atoms with E-state index in [1.807, 2.05) is 18.4 Å². The van der Waals surface area contributed by atoms with E-state index in [0.29, 0.717) is 11.8 Å². The first kappa shape index (κ1) is 16.4. The van der Waals surface area contributed by atoms with Gasteiger partial charge < -0.3 is 4.74 Å². The minimum absolute atomic E-state index is 0.324. The summed E-state index contributed by atoms with van der Waals surface area (Å²) in [6.45, 7) is 1.56. The summed E-state index contributed by atoms with van der Waals surface area (Å²) in [7, 11) is 0. The van der Waals surface area contributed by atoms with Crippen molar-refractivity contribution < 1.29 is 23.1 Å². The second-order valence-electron chi connectivity index (χ2n) is 4.73. The Morgan fingerprint density at radius 2 is 1.87 bits per heavy atom. The Kier molecular flexibility index (Phi) is 5.24. The van der Waals surface area contributed by atoms with Gasteiger partial charge in [0.1, 0.15) is 17.4 Å². The number of nitrogens with one attached hydrogen (secondary N) is 2. The van der Waals surface area contributed by atoms with Crippen molar-refractivity contribution in [3.63, 3.8) is 0 Å². The number of amides is 2. The lowest BCUT2D eigenvalue weighted by atomic mass is 10.2. The summed E-state index contributed by atoms with van der Waals surface area (Å²) >= 11 is 0. The molecule has 0 unspecified atom stereocenters. The molecule has 0 aromatic heterocycles. The van der Waals surface area contributed by atoms with E-state index in [0.717, 1.165) is 17.7 Å². The van der Waals surface area contributed by atoms with Crippen LogP contribution in [0.15, 0.2) is 42.5 Å². The van der Waals surface area contributed by atoms with Gasteiger partial charge in [0.15, 0.2) is 6.61 Å².